The van der Waals surface area contributed by atoms with Crippen molar-refractivity contribution in [1.29, 1.82) is 0 Å². The second-order valence-electron chi connectivity index (χ2n) is 6.89. The van der Waals surface area contributed by atoms with E-state index in [1.54, 1.807) is 25.4 Å². The van der Waals surface area contributed by atoms with Gasteiger partial charge in [-0.2, -0.15) is 0 Å². The largest absolute Gasteiger partial charge is 0.383 e. The highest BCUT2D eigenvalue weighted by atomic mass is 32.1. The number of nitrogens with zero attached hydrogens (tertiary/aromatic N) is 4. The lowest BCUT2D eigenvalue weighted by molar-refractivity contribution is -0.384. The van der Waals surface area contributed by atoms with Crippen molar-refractivity contribution in [2.45, 2.75) is 12.1 Å². The zero-order valence-corrected chi connectivity index (χ0v) is 17.2. The Morgan fingerprint density at radius 2 is 2.10 bits per heavy atom. The Morgan fingerprint density at radius 1 is 1.23 bits per heavy atom. The second kappa shape index (κ2) is 8.60. The number of nitrogens with one attached hydrogen (secondary N) is 1. The molecule has 8 nitrogen and oxygen atoms in total. The number of hydrogen-bond acceptors (Lipinski definition) is 5. The molecular formula is C21H21N5O3S. The fourth-order valence-electron chi connectivity index (χ4n) is 3.78. The van der Waals surface area contributed by atoms with Crippen molar-refractivity contribution >= 4 is 23.0 Å². The van der Waals surface area contributed by atoms with E-state index in [4.69, 9.17) is 17.0 Å². The molecule has 1 fully saturated rings. The van der Waals surface area contributed by atoms with Crippen LogP contribution >= 0.6 is 12.2 Å². The summed E-state index contributed by atoms with van der Waals surface area (Å²) in [6.07, 6.45) is 3.66. The number of nitro groups is 1. The maximum Gasteiger partial charge on any atom is 0.271 e. The molecule has 1 aliphatic heterocycles. The molecule has 1 N–H and O–H groups in total. The van der Waals surface area contributed by atoms with Crippen LogP contribution in [0, 0.1) is 10.1 Å². The molecule has 1 aliphatic rings. The molecule has 0 bridgehead atoms. The Bertz CT molecular complexity index is 1060. The van der Waals surface area contributed by atoms with E-state index in [1.165, 1.54) is 6.07 Å². The van der Waals surface area contributed by atoms with E-state index in [2.05, 4.69) is 15.2 Å². The minimum atomic E-state index is -0.388. The van der Waals surface area contributed by atoms with E-state index >= 15 is 0 Å². The lowest BCUT2D eigenvalue weighted by atomic mass is 10.0. The quantitative estimate of drug-likeness (QED) is 0.354. The topological polar surface area (TPSA) is 85.5 Å². The van der Waals surface area contributed by atoms with Gasteiger partial charge in [-0.1, -0.05) is 12.1 Å². The molecule has 3 heterocycles. The average Bonchev–Trinajstić information content (AvgIpc) is 3.37. The Labute approximate surface area is 179 Å². The van der Waals surface area contributed by atoms with E-state index < -0.39 is 0 Å². The van der Waals surface area contributed by atoms with Crippen LogP contribution < -0.4 is 5.32 Å². The van der Waals surface area contributed by atoms with Gasteiger partial charge < -0.3 is 19.5 Å². The van der Waals surface area contributed by atoms with E-state index in [-0.39, 0.29) is 22.7 Å². The number of methoxy groups -OCH3 is 1. The number of benzene rings is 1. The monoisotopic (exact) mass is 423 g/mol. The maximum atomic E-state index is 11.3. The first-order valence-corrected chi connectivity index (χ1v) is 9.90. The van der Waals surface area contributed by atoms with Crippen LogP contribution in [0.4, 0.5) is 5.69 Å². The summed E-state index contributed by atoms with van der Waals surface area (Å²) in [6, 6.07) is 16.0. The van der Waals surface area contributed by atoms with Gasteiger partial charge in [-0.15, -0.1) is 0 Å². The van der Waals surface area contributed by atoms with E-state index in [1.807, 2.05) is 47.2 Å². The van der Waals surface area contributed by atoms with Gasteiger partial charge in [0.05, 0.1) is 35.0 Å². The third-order valence-corrected chi connectivity index (χ3v) is 5.49. The van der Waals surface area contributed by atoms with Gasteiger partial charge in [0.25, 0.3) is 5.69 Å². The van der Waals surface area contributed by atoms with Crippen LogP contribution in [0.5, 0.6) is 0 Å². The summed E-state index contributed by atoms with van der Waals surface area (Å²) < 4.78 is 7.25. The Morgan fingerprint density at radius 3 is 2.83 bits per heavy atom. The van der Waals surface area contributed by atoms with Crippen LogP contribution in [0.1, 0.15) is 23.5 Å². The molecule has 0 saturated carbocycles. The number of ether oxygens (including phenoxy) is 1. The zero-order valence-electron chi connectivity index (χ0n) is 16.3. The van der Waals surface area contributed by atoms with Gasteiger partial charge in [-0.3, -0.25) is 15.1 Å². The predicted molar refractivity (Wildman–Crippen MR) is 116 cm³/mol. The molecule has 9 heteroatoms. The first kappa shape index (κ1) is 20.0. The third kappa shape index (κ3) is 3.77. The van der Waals surface area contributed by atoms with Crippen LogP contribution in [0.15, 0.2) is 67.0 Å². The van der Waals surface area contributed by atoms with Gasteiger partial charge >= 0.3 is 0 Å². The summed E-state index contributed by atoms with van der Waals surface area (Å²) in [5, 5.41) is 15.3. The smallest absolute Gasteiger partial charge is 0.271 e. The van der Waals surface area contributed by atoms with Crippen LogP contribution in [0.2, 0.25) is 0 Å². The zero-order chi connectivity index (χ0) is 21.1. The molecule has 30 heavy (non-hydrogen) atoms. The lowest BCUT2D eigenvalue weighted by Gasteiger charge is -2.28. The van der Waals surface area contributed by atoms with E-state index in [0.717, 1.165) is 11.4 Å². The van der Waals surface area contributed by atoms with Gasteiger partial charge in [-0.25, -0.2) is 0 Å². The number of non-ortho nitro benzene ring substituents is 1. The number of hydrogen-bond donors (Lipinski definition) is 1. The minimum absolute atomic E-state index is 0.0460. The molecule has 0 spiro atoms. The highest BCUT2D eigenvalue weighted by molar-refractivity contribution is 7.80. The van der Waals surface area contributed by atoms with E-state index in [9.17, 15) is 10.1 Å². The summed E-state index contributed by atoms with van der Waals surface area (Å²) in [5.74, 6) is 0. The van der Waals surface area contributed by atoms with Crippen molar-refractivity contribution in [1.82, 2.24) is 19.8 Å². The Hall–Kier alpha value is -3.30. The molecule has 0 amide bonds. The van der Waals surface area contributed by atoms with Crippen molar-refractivity contribution in [3.8, 4) is 5.69 Å². The second-order valence-corrected chi connectivity index (χ2v) is 7.28. The minimum Gasteiger partial charge on any atom is -0.383 e. The predicted octanol–water partition coefficient (Wildman–Crippen LogP) is 3.40. The molecule has 0 unspecified atom stereocenters. The molecule has 2 aromatic heterocycles. The molecule has 1 saturated heterocycles. The molecular weight excluding hydrogens is 402 g/mol. The summed E-state index contributed by atoms with van der Waals surface area (Å²) in [7, 11) is 1.66. The normalized spacial score (nSPS) is 18.4. The molecule has 154 valence electrons. The summed E-state index contributed by atoms with van der Waals surface area (Å²) in [5.41, 5.74) is 2.59. The van der Waals surface area contributed by atoms with Crippen molar-refractivity contribution < 1.29 is 9.66 Å². The molecule has 1 aromatic carbocycles. The average molecular weight is 423 g/mol. The fraction of sp³-hybridized carbons (Fsp3) is 0.238. The van der Waals surface area contributed by atoms with Crippen molar-refractivity contribution in [3.63, 3.8) is 0 Å². The number of thiocarbonyl (C=S) groups is 1. The molecule has 3 aromatic rings. The van der Waals surface area contributed by atoms with Gasteiger partial charge in [-0.05, 0) is 42.5 Å². The fourth-order valence-corrected chi connectivity index (χ4v) is 4.12. The number of pyridine rings is 1. The van der Waals surface area contributed by atoms with Crippen molar-refractivity contribution in [3.05, 3.63) is 88.5 Å². The molecule has 4 rings (SSSR count). The number of rotatable bonds is 7. The Balaban J connectivity index is 1.79. The molecule has 0 aliphatic carbocycles. The van der Waals surface area contributed by atoms with Crippen LogP contribution in [0.3, 0.4) is 0 Å². The van der Waals surface area contributed by atoms with Crippen LogP contribution in [0.25, 0.3) is 5.69 Å². The SMILES string of the molecule is COCCN1C(=S)N[C@H](c2ccccn2)[C@H]1c1cccn1-c1cccc([N+](=O)[O-])c1. The van der Waals surface area contributed by atoms with Crippen molar-refractivity contribution in [2.24, 2.45) is 0 Å². The standard InChI is InChI=1S/C21H21N5O3S/c1-29-13-12-25-20(19(23-21(25)30)17-8-2-3-10-22-17)18-9-5-11-24(18)15-6-4-7-16(14-15)26(27)28/h2-11,14,19-20H,12-13H2,1H3,(H,23,30)/t19-,20-/m1/s1. The summed E-state index contributed by atoms with van der Waals surface area (Å²) >= 11 is 5.63. The molecule has 0 radical (unpaired) electrons. The van der Waals surface area contributed by atoms with Gasteiger partial charge in [0, 0.05) is 43.9 Å². The van der Waals surface area contributed by atoms with Gasteiger partial charge in [0.15, 0.2) is 5.11 Å². The van der Waals surface area contributed by atoms with Gasteiger partial charge in [0.1, 0.15) is 0 Å². The van der Waals surface area contributed by atoms with Crippen LogP contribution in [-0.2, 0) is 4.74 Å². The first-order valence-electron chi connectivity index (χ1n) is 9.49. The molecule has 2 atom stereocenters. The number of nitro benzene ring substituents is 1. The third-order valence-electron chi connectivity index (χ3n) is 5.14. The van der Waals surface area contributed by atoms with Crippen LogP contribution in [-0.4, -0.2) is 44.7 Å². The van der Waals surface area contributed by atoms with E-state index in [0.29, 0.717) is 24.0 Å². The lowest BCUT2D eigenvalue weighted by Crippen LogP contribution is -2.33. The highest BCUT2D eigenvalue weighted by Gasteiger charge is 2.41. The Kier molecular flexibility index (Phi) is 5.73. The summed E-state index contributed by atoms with van der Waals surface area (Å²) in [4.78, 5) is 17.5. The maximum absolute atomic E-state index is 11.3. The van der Waals surface area contributed by atoms with Crippen molar-refractivity contribution in [2.75, 3.05) is 20.3 Å². The highest BCUT2D eigenvalue weighted by Crippen LogP contribution is 2.39. The number of aromatic nitrogens is 2. The van der Waals surface area contributed by atoms with Gasteiger partial charge in [0.2, 0.25) is 0 Å². The summed E-state index contributed by atoms with van der Waals surface area (Å²) in [6.45, 7) is 1.13. The first-order chi connectivity index (χ1) is 14.6.